The van der Waals surface area contributed by atoms with Gasteiger partial charge >= 0.3 is 0 Å². The molecule has 158 valence electrons. The summed E-state index contributed by atoms with van der Waals surface area (Å²) in [6, 6.07) is 8.71. The fraction of sp³-hybridized carbons (Fsp3) is 0.650. The largest absolute Gasteiger partial charge is 0.355 e. The molecule has 28 heavy (non-hydrogen) atoms. The molecule has 0 saturated carbocycles. The Morgan fingerprint density at radius 3 is 2.39 bits per heavy atom. The first-order valence-corrected chi connectivity index (χ1v) is 10.2. The molecule has 0 spiro atoms. The minimum Gasteiger partial charge on any atom is -0.355 e. The summed E-state index contributed by atoms with van der Waals surface area (Å²) >= 11 is 5.98. The average molecular weight is 521 g/mol. The number of likely N-dealkylation sites (N-methyl/N-ethyl adjacent to an activating group) is 2. The van der Waals surface area contributed by atoms with Crippen molar-refractivity contribution in [2.45, 2.75) is 12.6 Å². The number of hydrogen-bond acceptors (Lipinski definition) is 4. The van der Waals surface area contributed by atoms with Gasteiger partial charge in [-0.15, -0.1) is 24.0 Å². The van der Waals surface area contributed by atoms with E-state index in [0.29, 0.717) is 6.04 Å². The highest BCUT2D eigenvalue weighted by molar-refractivity contribution is 14.0. The van der Waals surface area contributed by atoms with Crippen LogP contribution in [0.2, 0.25) is 5.02 Å². The number of benzene rings is 1. The molecule has 2 heterocycles. The summed E-state index contributed by atoms with van der Waals surface area (Å²) in [7, 11) is 6.31. The Bertz CT molecular complexity index is 618. The van der Waals surface area contributed by atoms with Crippen LogP contribution in [0.4, 0.5) is 0 Å². The van der Waals surface area contributed by atoms with Crippen molar-refractivity contribution in [2.24, 2.45) is 4.99 Å². The van der Waals surface area contributed by atoms with E-state index in [-0.39, 0.29) is 24.0 Å². The van der Waals surface area contributed by atoms with Crippen molar-refractivity contribution >= 4 is 41.5 Å². The predicted octanol–water partition coefficient (Wildman–Crippen LogP) is 1.90. The molecule has 1 aromatic carbocycles. The molecule has 1 aromatic rings. The molecule has 0 aromatic heterocycles. The summed E-state index contributed by atoms with van der Waals surface area (Å²) < 4.78 is 0. The topological polar surface area (TPSA) is 37.4 Å². The van der Waals surface area contributed by atoms with Gasteiger partial charge < -0.3 is 15.1 Å². The van der Waals surface area contributed by atoms with Gasteiger partial charge in [0, 0.05) is 77.0 Å². The van der Waals surface area contributed by atoms with Crippen LogP contribution in [0.25, 0.3) is 0 Å². The molecule has 0 bridgehead atoms. The van der Waals surface area contributed by atoms with Gasteiger partial charge in [-0.3, -0.25) is 14.8 Å². The van der Waals surface area contributed by atoms with Crippen molar-refractivity contribution in [3.63, 3.8) is 0 Å². The first-order chi connectivity index (χ1) is 13.0. The van der Waals surface area contributed by atoms with Gasteiger partial charge in [-0.05, 0) is 31.8 Å². The van der Waals surface area contributed by atoms with E-state index >= 15 is 0 Å². The van der Waals surface area contributed by atoms with E-state index < -0.39 is 0 Å². The lowest BCUT2D eigenvalue weighted by Crippen LogP contribution is -2.57. The van der Waals surface area contributed by atoms with E-state index in [4.69, 9.17) is 11.6 Å². The normalized spacial score (nSPS) is 22.8. The van der Waals surface area contributed by atoms with E-state index in [1.54, 1.807) is 0 Å². The van der Waals surface area contributed by atoms with Crippen LogP contribution < -0.4 is 5.32 Å². The van der Waals surface area contributed by atoms with E-state index in [1.165, 1.54) is 5.56 Å². The van der Waals surface area contributed by atoms with Gasteiger partial charge in [-0.1, -0.05) is 23.7 Å². The van der Waals surface area contributed by atoms with Crippen LogP contribution in [-0.4, -0.2) is 105 Å². The molecular weight excluding hydrogens is 487 g/mol. The van der Waals surface area contributed by atoms with Crippen LogP contribution in [0.15, 0.2) is 29.3 Å². The molecule has 0 radical (unpaired) electrons. The lowest BCUT2D eigenvalue weighted by Gasteiger charge is -2.40. The molecule has 3 rings (SSSR count). The number of hydrogen-bond donors (Lipinski definition) is 1. The molecule has 2 fully saturated rings. The molecule has 1 atom stereocenters. The van der Waals surface area contributed by atoms with Crippen LogP contribution in [0.3, 0.4) is 0 Å². The Kier molecular flexibility index (Phi) is 9.76. The van der Waals surface area contributed by atoms with Gasteiger partial charge in [0.25, 0.3) is 0 Å². The van der Waals surface area contributed by atoms with E-state index in [2.05, 4.69) is 56.1 Å². The van der Waals surface area contributed by atoms with Crippen LogP contribution in [-0.2, 0) is 6.54 Å². The smallest absolute Gasteiger partial charge is 0.193 e. The third kappa shape index (κ3) is 6.73. The maximum Gasteiger partial charge on any atom is 0.193 e. The number of nitrogens with one attached hydrogen (secondary N) is 1. The SMILES string of the molecule is CN=C(NCC1CN(C)CCN1C)N1CCN(Cc2ccc(Cl)cc2)CC1.I. The van der Waals surface area contributed by atoms with Crippen molar-refractivity contribution in [1.82, 2.24) is 24.9 Å². The second-order valence-electron chi connectivity index (χ2n) is 7.71. The maximum atomic E-state index is 5.98. The van der Waals surface area contributed by atoms with Gasteiger partial charge in [-0.25, -0.2) is 0 Å². The molecular formula is C20H34ClIN6. The second-order valence-corrected chi connectivity index (χ2v) is 8.15. The fourth-order valence-corrected chi connectivity index (χ4v) is 3.96. The van der Waals surface area contributed by atoms with Crippen molar-refractivity contribution in [2.75, 3.05) is 73.5 Å². The van der Waals surface area contributed by atoms with Crippen molar-refractivity contribution < 1.29 is 0 Å². The van der Waals surface area contributed by atoms with Crippen molar-refractivity contribution in [1.29, 1.82) is 0 Å². The van der Waals surface area contributed by atoms with Gasteiger partial charge in [0.05, 0.1) is 0 Å². The monoisotopic (exact) mass is 520 g/mol. The van der Waals surface area contributed by atoms with Crippen molar-refractivity contribution in [3.8, 4) is 0 Å². The fourth-order valence-electron chi connectivity index (χ4n) is 3.83. The van der Waals surface area contributed by atoms with Gasteiger partial charge in [0.1, 0.15) is 0 Å². The quantitative estimate of drug-likeness (QED) is 0.373. The average Bonchev–Trinajstić information content (AvgIpc) is 2.68. The summed E-state index contributed by atoms with van der Waals surface area (Å²) in [5.41, 5.74) is 1.32. The number of nitrogens with zero attached hydrogens (tertiary/aromatic N) is 5. The molecule has 2 aliphatic rings. The molecule has 0 amide bonds. The summed E-state index contributed by atoms with van der Waals surface area (Å²) in [6.45, 7) is 9.43. The van der Waals surface area contributed by atoms with E-state index in [9.17, 15) is 0 Å². The molecule has 1 N–H and O–H groups in total. The Balaban J connectivity index is 0.00000280. The summed E-state index contributed by atoms with van der Waals surface area (Å²) in [6.07, 6.45) is 0. The molecule has 6 nitrogen and oxygen atoms in total. The third-order valence-electron chi connectivity index (χ3n) is 5.68. The second kappa shape index (κ2) is 11.5. The zero-order valence-corrected chi connectivity index (χ0v) is 20.4. The Morgan fingerprint density at radius 1 is 1.07 bits per heavy atom. The lowest BCUT2D eigenvalue weighted by atomic mass is 10.2. The highest BCUT2D eigenvalue weighted by Gasteiger charge is 2.24. The Hall–Kier alpha value is -0.610. The molecule has 2 saturated heterocycles. The first kappa shape index (κ1) is 23.7. The maximum absolute atomic E-state index is 5.98. The number of guanidine groups is 1. The minimum atomic E-state index is 0. The molecule has 8 heteroatoms. The summed E-state index contributed by atoms with van der Waals surface area (Å²) in [5.74, 6) is 1.03. The van der Waals surface area contributed by atoms with Gasteiger partial charge in [0.15, 0.2) is 5.96 Å². The minimum absolute atomic E-state index is 0. The van der Waals surface area contributed by atoms with Crippen LogP contribution in [0.5, 0.6) is 0 Å². The van der Waals surface area contributed by atoms with Crippen LogP contribution in [0, 0.1) is 0 Å². The Labute approximate surface area is 191 Å². The van der Waals surface area contributed by atoms with Crippen molar-refractivity contribution in [3.05, 3.63) is 34.9 Å². The van der Waals surface area contributed by atoms with E-state index in [0.717, 1.165) is 69.9 Å². The first-order valence-electron chi connectivity index (χ1n) is 9.86. The van der Waals surface area contributed by atoms with E-state index in [1.807, 2.05) is 19.2 Å². The number of aliphatic imine (C=N–C) groups is 1. The zero-order valence-electron chi connectivity index (χ0n) is 17.3. The standard InChI is InChI=1S/C20H33ClN6.HI/c1-22-20(23-14-19-16-24(2)8-9-25(19)3)27-12-10-26(11-13-27)15-17-4-6-18(21)7-5-17;/h4-7,19H,8-16H2,1-3H3,(H,22,23);1H. The highest BCUT2D eigenvalue weighted by Crippen LogP contribution is 2.13. The lowest BCUT2D eigenvalue weighted by molar-refractivity contribution is 0.115. The summed E-state index contributed by atoms with van der Waals surface area (Å²) in [4.78, 5) is 14.3. The zero-order chi connectivity index (χ0) is 19.2. The highest BCUT2D eigenvalue weighted by atomic mass is 127. The number of rotatable bonds is 4. The number of halogens is 2. The van der Waals surface area contributed by atoms with Crippen LogP contribution >= 0.6 is 35.6 Å². The van der Waals surface area contributed by atoms with Crippen LogP contribution in [0.1, 0.15) is 5.56 Å². The Morgan fingerprint density at radius 2 is 1.75 bits per heavy atom. The third-order valence-corrected chi connectivity index (χ3v) is 5.93. The molecule has 2 aliphatic heterocycles. The summed E-state index contributed by atoms with van der Waals surface area (Å²) in [5, 5.41) is 4.40. The predicted molar refractivity (Wildman–Crippen MR) is 129 cm³/mol. The van der Waals surface area contributed by atoms with Gasteiger partial charge in [0.2, 0.25) is 0 Å². The van der Waals surface area contributed by atoms with Gasteiger partial charge in [-0.2, -0.15) is 0 Å². The number of piperazine rings is 2. The molecule has 1 unspecified atom stereocenters. The molecule has 0 aliphatic carbocycles.